The van der Waals surface area contributed by atoms with Crippen LogP contribution in [0.15, 0.2) is 48.8 Å². The van der Waals surface area contributed by atoms with Crippen molar-refractivity contribution >= 4 is 46.7 Å². The average Bonchev–Trinajstić information content (AvgIpc) is 3.10. The first-order valence-electron chi connectivity index (χ1n) is 13.8. The molecule has 0 aliphatic heterocycles. The van der Waals surface area contributed by atoms with E-state index in [9.17, 15) is 20.4 Å². The van der Waals surface area contributed by atoms with Gasteiger partial charge in [0.05, 0.1) is 11.4 Å². The van der Waals surface area contributed by atoms with Crippen LogP contribution in [-0.4, -0.2) is 144 Å². The van der Waals surface area contributed by atoms with Gasteiger partial charge in [-0.3, -0.25) is 9.97 Å². The number of pyridine rings is 2. The minimum Gasteiger partial charge on any atom is -0.854 e. The SMILES string of the molecule is CC(=O)[O-].CC(=O)[O-].CO.CO.CO.CO.[Co+2].[Co+3].[Co+3].[N-]=C=S.[N-]=C=S.[O-]CCN(CC[O-])Cc1ccccn1.[O-]CCN(CC[O-])Cc1ccccn1. The first-order chi connectivity index (χ1) is 24.0. The van der Waals surface area contributed by atoms with Crippen LogP contribution in [0.4, 0.5) is 0 Å². The summed E-state index contributed by atoms with van der Waals surface area (Å²) in [7, 11) is 4.00. The summed E-state index contributed by atoms with van der Waals surface area (Å²) in [6.45, 7) is 4.09. The van der Waals surface area contributed by atoms with Crippen molar-refractivity contribution in [1.82, 2.24) is 19.8 Å². The van der Waals surface area contributed by atoms with E-state index < -0.39 is 11.9 Å². The molecule has 2 heterocycles. The summed E-state index contributed by atoms with van der Waals surface area (Å²) >= 11 is 7.40. The number of nitrogens with zero attached hydrogens (tertiary/aromatic N) is 6. The molecule has 0 bridgehead atoms. The fourth-order valence-corrected chi connectivity index (χ4v) is 2.50. The second-order valence-corrected chi connectivity index (χ2v) is 7.54. The van der Waals surface area contributed by atoms with Crippen LogP contribution in [-0.2, 0) is 73.0 Å². The first-order valence-corrected chi connectivity index (χ1v) is 14.6. The fraction of sp³-hybridized carbons (Fsp3) is 0.533. The third-order valence-electron chi connectivity index (χ3n) is 3.85. The van der Waals surface area contributed by atoms with Gasteiger partial charge in [0.25, 0.3) is 0 Å². The van der Waals surface area contributed by atoms with Gasteiger partial charge in [0.15, 0.2) is 0 Å². The van der Waals surface area contributed by atoms with Crippen LogP contribution < -0.4 is 30.6 Å². The molecule has 0 saturated carbocycles. The number of carbonyl (C=O) groups excluding carboxylic acids is 2. The molecule has 1 radical (unpaired) electrons. The number of hydrogen-bond acceptors (Lipinski definition) is 18. The van der Waals surface area contributed by atoms with Gasteiger partial charge < -0.3 is 81.3 Å². The number of aliphatic hydroxyl groups excluding tert-OH is 4. The zero-order valence-corrected chi connectivity index (χ0v) is 35.0. The maximum absolute atomic E-state index is 10.4. The maximum atomic E-state index is 10.4. The van der Waals surface area contributed by atoms with E-state index in [2.05, 4.69) is 34.4 Å². The molecule has 0 fully saturated rings. The molecule has 2 rings (SSSR count). The molecule has 0 amide bonds. The Morgan fingerprint density at radius 2 is 0.811 bits per heavy atom. The van der Waals surface area contributed by atoms with Gasteiger partial charge in [0, 0.05) is 65.9 Å². The van der Waals surface area contributed by atoms with Crippen molar-refractivity contribution in [3.8, 4) is 0 Å². The molecule has 0 unspecified atom stereocenters. The molecule has 4 N–H and O–H groups in total. The zero-order chi connectivity index (χ0) is 41.0. The molecular weight excluding hydrogens is 877 g/mol. The third kappa shape index (κ3) is 99.6. The van der Waals surface area contributed by atoms with Gasteiger partial charge in [-0.15, -0.1) is 26.4 Å². The van der Waals surface area contributed by atoms with Crippen LogP contribution in [0.25, 0.3) is 10.8 Å². The number of aromatic nitrogens is 2. The summed E-state index contributed by atoms with van der Waals surface area (Å²) in [5, 5.41) is 104. The van der Waals surface area contributed by atoms with Crippen molar-refractivity contribution in [3.63, 3.8) is 0 Å². The zero-order valence-electron chi connectivity index (χ0n) is 30.2. The van der Waals surface area contributed by atoms with Crippen LogP contribution in [0.3, 0.4) is 0 Å². The second-order valence-electron chi connectivity index (χ2n) is 7.18. The summed E-state index contributed by atoms with van der Waals surface area (Å²) in [6.07, 6.45) is 3.42. The molecule has 0 atom stereocenters. The number of carboxylic acid groups (broad SMARTS) is 2. The monoisotopic (exact) mass is 927 g/mol. The average molecular weight is 928 g/mol. The van der Waals surface area contributed by atoms with Crippen LogP contribution in [0.1, 0.15) is 25.2 Å². The minimum atomic E-state index is -1.08. The molecule has 2 aromatic rings. The van der Waals surface area contributed by atoms with Crippen molar-refractivity contribution in [2.24, 2.45) is 0 Å². The van der Waals surface area contributed by atoms with Gasteiger partial charge in [-0.05, 0) is 64.3 Å². The van der Waals surface area contributed by atoms with Crippen molar-refractivity contribution in [3.05, 3.63) is 71.0 Å². The van der Waals surface area contributed by atoms with Gasteiger partial charge in [-0.1, -0.05) is 36.6 Å². The standard InChI is InChI=1S/2C10H14N2O2.2C2H4O2.2CNS.4CH4O.3Co/c2*13-7-5-12(6-8-14)9-10-3-1-2-4-11-10;2*1-2(3)4;2*2-1-3;4*1-2;;;/h2*1-4H,5-9H2;2*1H3,(H,3,4);;;4*2H,1H3;;;/q2*-2;;;2*-1;;;;;+2;2*+3/p-2. The van der Waals surface area contributed by atoms with Gasteiger partial charge in [-0.2, -0.15) is 10.3 Å². The summed E-state index contributed by atoms with van der Waals surface area (Å²) in [5.74, 6) is -2.17. The number of rotatable bonds is 12. The molecular formula is C30H50Co3N6O12S2. The molecule has 0 aliphatic rings. The van der Waals surface area contributed by atoms with E-state index in [0.717, 1.165) is 53.7 Å². The Balaban J connectivity index is -0.0000000466. The maximum Gasteiger partial charge on any atom is 3.00 e. The van der Waals surface area contributed by atoms with Gasteiger partial charge in [-0.25, -0.2) is 0 Å². The third-order valence-corrected chi connectivity index (χ3v) is 3.85. The molecule has 2 aromatic heterocycles. The summed E-state index contributed by atoms with van der Waals surface area (Å²) < 4.78 is 0. The van der Waals surface area contributed by atoms with E-state index in [1.165, 1.54) is 10.3 Å². The number of carbonyl (C=O) groups is 2. The van der Waals surface area contributed by atoms with Gasteiger partial charge in [0.2, 0.25) is 0 Å². The Morgan fingerprint density at radius 3 is 0.943 bits per heavy atom. The van der Waals surface area contributed by atoms with Crippen molar-refractivity contribution in [2.75, 3.05) is 81.0 Å². The fourth-order valence-electron chi connectivity index (χ4n) is 2.50. The number of aliphatic carboxylic acids is 2. The van der Waals surface area contributed by atoms with Crippen molar-refractivity contribution < 1.29 is 111 Å². The van der Waals surface area contributed by atoms with Gasteiger partial charge >= 0.3 is 50.3 Å². The molecule has 23 heteroatoms. The molecule has 0 spiro atoms. The Morgan fingerprint density at radius 1 is 0.623 bits per heavy atom. The Hall–Kier alpha value is -2.04. The predicted octanol–water partition coefficient (Wildman–Crippen LogP) is -5.54. The Kier molecular flexibility index (Phi) is 125. The van der Waals surface area contributed by atoms with E-state index in [0.29, 0.717) is 39.3 Å². The topological polar surface area (TPSA) is 330 Å². The van der Waals surface area contributed by atoms with Crippen molar-refractivity contribution in [2.45, 2.75) is 26.9 Å². The molecule has 0 aliphatic carbocycles. The van der Waals surface area contributed by atoms with Crippen LogP contribution in [0.2, 0.25) is 0 Å². The molecule has 18 nitrogen and oxygen atoms in total. The molecule has 53 heavy (non-hydrogen) atoms. The predicted molar refractivity (Wildman–Crippen MR) is 184 cm³/mol. The molecule has 0 aromatic carbocycles. The van der Waals surface area contributed by atoms with E-state index in [4.69, 9.17) is 51.0 Å². The summed E-state index contributed by atoms with van der Waals surface area (Å²) in [4.78, 5) is 29.7. The largest absolute Gasteiger partial charge is 3.00 e. The van der Waals surface area contributed by atoms with Crippen LogP contribution >= 0.6 is 24.4 Å². The Bertz CT molecular complexity index is 881. The minimum absolute atomic E-state index is 0. The second kappa shape index (κ2) is 83.1. The van der Waals surface area contributed by atoms with Gasteiger partial charge in [0.1, 0.15) is 0 Å². The number of aliphatic hydroxyl groups is 4. The van der Waals surface area contributed by atoms with E-state index in [1.54, 1.807) is 12.4 Å². The summed E-state index contributed by atoms with van der Waals surface area (Å²) in [5.41, 5.74) is 1.80. The van der Waals surface area contributed by atoms with Crippen molar-refractivity contribution in [1.29, 1.82) is 0 Å². The number of thiocarbonyl (C=S) groups is 2. The first kappa shape index (κ1) is 79.7. The molecule has 311 valence electrons. The summed E-state index contributed by atoms with van der Waals surface area (Å²) in [6, 6.07) is 11.3. The van der Waals surface area contributed by atoms with Crippen LogP contribution in [0.5, 0.6) is 0 Å². The normalized spacial score (nSPS) is 7.40. The quantitative estimate of drug-likeness (QED) is 0.114. The van der Waals surface area contributed by atoms with Crippen LogP contribution in [0, 0.1) is 0 Å². The smallest absolute Gasteiger partial charge is 0.854 e. The van der Waals surface area contributed by atoms with E-state index >= 15 is 0 Å². The number of isothiocyanates is 2. The Labute approximate surface area is 354 Å². The number of carboxylic acids is 2. The number of hydrogen-bond donors (Lipinski definition) is 4. The van der Waals surface area contributed by atoms with E-state index in [1.807, 2.05) is 46.2 Å². The molecule has 0 saturated heterocycles. The van der Waals surface area contributed by atoms with E-state index in [-0.39, 0.29) is 76.8 Å².